The summed E-state index contributed by atoms with van der Waals surface area (Å²) in [5.41, 5.74) is 2.46. The van der Waals surface area contributed by atoms with E-state index in [-0.39, 0.29) is 6.61 Å². The quantitative estimate of drug-likeness (QED) is 0.466. The van der Waals surface area contributed by atoms with Gasteiger partial charge in [-0.2, -0.15) is 8.42 Å². The zero-order chi connectivity index (χ0) is 8.04. The standard InChI is InChI=1S/C5H9NO3S/c1-2-3-4-5-9-10(6,7)8/h3H,1,4-5H2,(H2,6,7,8). The van der Waals surface area contributed by atoms with Crippen LogP contribution in [0.2, 0.25) is 0 Å². The van der Waals surface area contributed by atoms with E-state index in [0.29, 0.717) is 6.42 Å². The summed E-state index contributed by atoms with van der Waals surface area (Å²) in [6.45, 7) is 3.32. The molecular weight excluding hydrogens is 154 g/mol. The molecule has 0 aromatic heterocycles. The van der Waals surface area contributed by atoms with Crippen LogP contribution < -0.4 is 5.14 Å². The first-order valence-electron chi connectivity index (χ1n) is 2.57. The number of hydrogen-bond acceptors (Lipinski definition) is 3. The Morgan fingerprint density at radius 3 is 2.70 bits per heavy atom. The van der Waals surface area contributed by atoms with E-state index in [0.717, 1.165) is 0 Å². The molecule has 0 radical (unpaired) electrons. The Hall–Kier alpha value is -0.610. The second-order valence-electron chi connectivity index (χ2n) is 1.51. The minimum atomic E-state index is -3.77. The van der Waals surface area contributed by atoms with Gasteiger partial charge in [-0.05, 0) is 12.5 Å². The first kappa shape index (κ1) is 9.39. The lowest BCUT2D eigenvalue weighted by atomic mass is 10.4. The van der Waals surface area contributed by atoms with Crippen LogP contribution in [0.4, 0.5) is 0 Å². The molecule has 10 heavy (non-hydrogen) atoms. The predicted molar refractivity (Wildman–Crippen MR) is 37.4 cm³/mol. The first-order chi connectivity index (χ1) is 4.56. The lowest BCUT2D eigenvalue weighted by Crippen LogP contribution is -2.16. The van der Waals surface area contributed by atoms with Crippen molar-refractivity contribution < 1.29 is 12.6 Å². The summed E-state index contributed by atoms with van der Waals surface area (Å²) in [5.74, 6) is 0. The van der Waals surface area contributed by atoms with E-state index < -0.39 is 10.3 Å². The van der Waals surface area contributed by atoms with Crippen LogP contribution in [0.3, 0.4) is 0 Å². The van der Waals surface area contributed by atoms with E-state index in [1.165, 1.54) is 0 Å². The van der Waals surface area contributed by atoms with Crippen molar-refractivity contribution in [1.29, 1.82) is 0 Å². The molecule has 0 aromatic carbocycles. The maximum Gasteiger partial charge on any atom is 0.333 e. The van der Waals surface area contributed by atoms with E-state index >= 15 is 0 Å². The highest BCUT2D eigenvalue weighted by molar-refractivity contribution is 7.84. The largest absolute Gasteiger partial charge is 0.333 e. The molecule has 0 heterocycles. The van der Waals surface area contributed by atoms with Crippen LogP contribution in [0, 0.1) is 0 Å². The van der Waals surface area contributed by atoms with Gasteiger partial charge in [-0.15, -0.1) is 5.73 Å². The predicted octanol–water partition coefficient (Wildman–Crippen LogP) is -0.0623. The van der Waals surface area contributed by atoms with Crippen LogP contribution in [0.15, 0.2) is 18.4 Å². The fourth-order valence-corrected chi connectivity index (χ4v) is 0.654. The lowest BCUT2D eigenvalue weighted by Gasteiger charge is -1.94. The summed E-state index contributed by atoms with van der Waals surface area (Å²) in [6, 6.07) is 0. The average Bonchev–Trinajstić information content (AvgIpc) is 1.78. The van der Waals surface area contributed by atoms with Crippen LogP contribution in [0.5, 0.6) is 0 Å². The van der Waals surface area contributed by atoms with Gasteiger partial charge < -0.3 is 0 Å². The SMILES string of the molecule is C=C=CCCOS(N)(=O)=O. The van der Waals surface area contributed by atoms with Crippen molar-refractivity contribution in [1.82, 2.24) is 0 Å². The maximum atomic E-state index is 10.1. The number of hydrogen-bond donors (Lipinski definition) is 1. The van der Waals surface area contributed by atoms with Crippen molar-refractivity contribution in [3.63, 3.8) is 0 Å². The van der Waals surface area contributed by atoms with E-state index in [1.54, 1.807) is 6.08 Å². The van der Waals surface area contributed by atoms with Crippen LogP contribution in [0.25, 0.3) is 0 Å². The summed E-state index contributed by atoms with van der Waals surface area (Å²) in [4.78, 5) is 0. The van der Waals surface area contributed by atoms with Gasteiger partial charge in [0.05, 0.1) is 6.61 Å². The Morgan fingerprint density at radius 1 is 1.70 bits per heavy atom. The van der Waals surface area contributed by atoms with Crippen LogP contribution in [-0.4, -0.2) is 15.0 Å². The molecule has 0 unspecified atom stereocenters. The van der Waals surface area contributed by atoms with Crippen molar-refractivity contribution in [2.24, 2.45) is 5.14 Å². The second kappa shape index (κ2) is 4.24. The molecule has 0 fully saturated rings. The smallest absolute Gasteiger partial charge is 0.258 e. The average molecular weight is 163 g/mol. The molecule has 0 aliphatic rings. The van der Waals surface area contributed by atoms with Gasteiger partial charge in [-0.3, -0.25) is 4.18 Å². The van der Waals surface area contributed by atoms with Crippen molar-refractivity contribution in [2.75, 3.05) is 6.61 Å². The van der Waals surface area contributed by atoms with E-state index in [2.05, 4.69) is 21.6 Å². The first-order valence-corrected chi connectivity index (χ1v) is 4.05. The molecule has 4 nitrogen and oxygen atoms in total. The monoisotopic (exact) mass is 163 g/mol. The third kappa shape index (κ3) is 7.39. The molecule has 0 aliphatic heterocycles. The van der Waals surface area contributed by atoms with Gasteiger partial charge in [0.25, 0.3) is 0 Å². The number of nitrogens with two attached hydrogens (primary N) is 1. The molecule has 0 aliphatic carbocycles. The fraction of sp³-hybridized carbons (Fsp3) is 0.400. The van der Waals surface area contributed by atoms with E-state index in [4.69, 9.17) is 0 Å². The summed E-state index contributed by atoms with van der Waals surface area (Å²) in [7, 11) is -3.77. The molecule has 0 bridgehead atoms. The third-order valence-corrected chi connectivity index (χ3v) is 1.15. The van der Waals surface area contributed by atoms with Crippen molar-refractivity contribution in [2.45, 2.75) is 6.42 Å². The molecule has 0 rings (SSSR count). The topological polar surface area (TPSA) is 69.4 Å². The van der Waals surface area contributed by atoms with Crippen molar-refractivity contribution >= 4 is 10.3 Å². The minimum Gasteiger partial charge on any atom is -0.258 e. The molecule has 0 saturated carbocycles. The van der Waals surface area contributed by atoms with Crippen molar-refractivity contribution in [3.05, 3.63) is 18.4 Å². The molecule has 5 heteroatoms. The molecule has 0 saturated heterocycles. The third-order valence-electron chi connectivity index (χ3n) is 0.654. The molecule has 0 atom stereocenters. The van der Waals surface area contributed by atoms with Crippen LogP contribution >= 0.6 is 0 Å². The van der Waals surface area contributed by atoms with Gasteiger partial charge in [0.2, 0.25) is 0 Å². The Morgan fingerprint density at radius 2 is 2.30 bits per heavy atom. The van der Waals surface area contributed by atoms with Crippen LogP contribution in [0.1, 0.15) is 6.42 Å². The summed E-state index contributed by atoms with van der Waals surface area (Å²) >= 11 is 0. The molecule has 0 aromatic rings. The molecular formula is C5H9NO3S. The zero-order valence-corrected chi connectivity index (χ0v) is 6.23. The Labute approximate surface area is 60.2 Å². The highest BCUT2D eigenvalue weighted by atomic mass is 32.2. The Balaban J connectivity index is 3.48. The summed E-state index contributed by atoms with van der Waals surface area (Å²) in [5, 5.41) is 4.52. The highest BCUT2D eigenvalue weighted by Crippen LogP contribution is 1.86. The minimum absolute atomic E-state index is 0.0430. The molecule has 0 amide bonds. The van der Waals surface area contributed by atoms with Gasteiger partial charge in [-0.1, -0.05) is 6.58 Å². The molecule has 58 valence electrons. The zero-order valence-electron chi connectivity index (χ0n) is 5.41. The lowest BCUT2D eigenvalue weighted by molar-refractivity contribution is 0.325. The van der Waals surface area contributed by atoms with E-state index in [9.17, 15) is 8.42 Å². The summed E-state index contributed by atoms with van der Waals surface area (Å²) < 4.78 is 24.4. The van der Waals surface area contributed by atoms with E-state index in [1.807, 2.05) is 0 Å². The maximum absolute atomic E-state index is 10.1. The Bertz CT molecular complexity index is 225. The normalized spacial score (nSPS) is 10.5. The van der Waals surface area contributed by atoms with Gasteiger partial charge in [0.1, 0.15) is 0 Å². The van der Waals surface area contributed by atoms with Gasteiger partial charge >= 0.3 is 10.3 Å². The molecule has 2 N–H and O–H groups in total. The van der Waals surface area contributed by atoms with Crippen LogP contribution in [-0.2, 0) is 14.5 Å². The molecule has 0 spiro atoms. The van der Waals surface area contributed by atoms with Gasteiger partial charge in [0.15, 0.2) is 0 Å². The fourth-order valence-electron chi connectivity index (χ4n) is 0.325. The van der Waals surface area contributed by atoms with Gasteiger partial charge in [-0.25, -0.2) is 5.14 Å². The number of rotatable bonds is 4. The second-order valence-corrected chi connectivity index (χ2v) is 2.73. The van der Waals surface area contributed by atoms with Gasteiger partial charge in [0, 0.05) is 0 Å². The Kier molecular flexibility index (Phi) is 3.99. The summed E-state index contributed by atoms with van der Waals surface area (Å²) in [6.07, 6.45) is 2.01. The highest BCUT2D eigenvalue weighted by Gasteiger charge is 1.98. The van der Waals surface area contributed by atoms with Crippen molar-refractivity contribution in [3.8, 4) is 0 Å².